The second-order valence-electron chi connectivity index (χ2n) is 11.4. The first-order valence-corrected chi connectivity index (χ1v) is 14.3. The van der Waals surface area contributed by atoms with Crippen molar-refractivity contribution in [1.29, 1.82) is 0 Å². The van der Waals surface area contributed by atoms with Crippen LogP contribution in [0.3, 0.4) is 0 Å². The number of furan rings is 1. The molecule has 0 fully saturated rings. The number of nitrogens with zero attached hydrogens (tertiary/aromatic N) is 6. The average molecular weight is 557 g/mol. The summed E-state index contributed by atoms with van der Waals surface area (Å²) in [5.41, 5.74) is 7.37. The normalized spacial score (nSPS) is 14.0. The van der Waals surface area contributed by atoms with E-state index in [0.29, 0.717) is 5.95 Å². The average Bonchev–Trinajstić information content (AvgIpc) is 3.45. The molecule has 204 valence electrons. The Hall–Kier alpha value is -5.69. The minimum atomic E-state index is -0.462. The fraction of sp³-hybridized carbons (Fsp3) is 0.0833. The molecule has 1 aliphatic rings. The van der Waals surface area contributed by atoms with Crippen molar-refractivity contribution in [3.63, 3.8) is 0 Å². The van der Waals surface area contributed by atoms with Crippen molar-refractivity contribution in [2.45, 2.75) is 19.3 Å². The molecule has 0 unspecified atom stereocenters. The molecule has 9 rings (SSSR count). The van der Waals surface area contributed by atoms with Crippen molar-refractivity contribution in [1.82, 2.24) is 24.9 Å². The SMILES string of the molecule is CC1(C)c2ncccc2N(c2nc(-c3ccccn3)c3ccccc3n2)c2c1c1ccncc1c1c2oc2ccccc21. The van der Waals surface area contributed by atoms with Crippen LogP contribution < -0.4 is 4.90 Å². The Morgan fingerprint density at radius 3 is 2.40 bits per heavy atom. The fourth-order valence-electron chi connectivity index (χ4n) is 6.75. The predicted molar refractivity (Wildman–Crippen MR) is 170 cm³/mol. The van der Waals surface area contributed by atoms with Gasteiger partial charge in [0.15, 0.2) is 5.58 Å². The second kappa shape index (κ2) is 8.66. The summed E-state index contributed by atoms with van der Waals surface area (Å²) in [5, 5.41) is 5.15. The third kappa shape index (κ3) is 3.27. The summed E-state index contributed by atoms with van der Waals surface area (Å²) in [6.45, 7) is 4.45. The number of benzene rings is 3. The lowest BCUT2D eigenvalue weighted by Crippen LogP contribution is -2.33. The molecule has 0 amide bonds. The van der Waals surface area contributed by atoms with Crippen LogP contribution in [0.15, 0.2) is 114 Å². The van der Waals surface area contributed by atoms with Crippen LogP contribution >= 0.6 is 0 Å². The zero-order chi connectivity index (χ0) is 28.7. The van der Waals surface area contributed by atoms with Crippen LogP contribution in [-0.4, -0.2) is 24.9 Å². The summed E-state index contributed by atoms with van der Waals surface area (Å²) < 4.78 is 6.76. The molecule has 0 radical (unpaired) electrons. The molecule has 3 aromatic carbocycles. The van der Waals surface area contributed by atoms with Crippen LogP contribution in [0.25, 0.3) is 55.0 Å². The van der Waals surface area contributed by atoms with Gasteiger partial charge in [-0.25, -0.2) is 9.97 Å². The highest BCUT2D eigenvalue weighted by atomic mass is 16.3. The molecule has 5 aromatic heterocycles. The predicted octanol–water partition coefficient (Wildman–Crippen LogP) is 8.64. The van der Waals surface area contributed by atoms with E-state index in [2.05, 4.69) is 46.9 Å². The minimum Gasteiger partial charge on any atom is -0.454 e. The highest BCUT2D eigenvalue weighted by Gasteiger charge is 2.43. The summed E-state index contributed by atoms with van der Waals surface area (Å²) in [4.78, 5) is 26.7. The molecule has 43 heavy (non-hydrogen) atoms. The van der Waals surface area contributed by atoms with Gasteiger partial charge in [-0.05, 0) is 67.3 Å². The van der Waals surface area contributed by atoms with Gasteiger partial charge in [-0.15, -0.1) is 0 Å². The van der Waals surface area contributed by atoms with Crippen molar-refractivity contribution in [2.75, 3.05) is 4.90 Å². The fourth-order valence-corrected chi connectivity index (χ4v) is 6.75. The zero-order valence-corrected chi connectivity index (χ0v) is 23.5. The van der Waals surface area contributed by atoms with E-state index >= 15 is 0 Å². The summed E-state index contributed by atoms with van der Waals surface area (Å²) in [5.74, 6) is 0.528. The number of fused-ring (bicyclic) bond motifs is 10. The van der Waals surface area contributed by atoms with E-state index in [1.165, 1.54) is 0 Å². The Balaban J connectivity index is 1.48. The number of pyridine rings is 3. The summed E-state index contributed by atoms with van der Waals surface area (Å²) >= 11 is 0. The lowest BCUT2D eigenvalue weighted by molar-refractivity contribution is 0.607. The first-order valence-electron chi connectivity index (χ1n) is 14.3. The van der Waals surface area contributed by atoms with E-state index in [4.69, 9.17) is 19.4 Å². The van der Waals surface area contributed by atoms with E-state index in [0.717, 1.165) is 77.6 Å². The maximum absolute atomic E-state index is 6.76. The lowest BCUT2D eigenvalue weighted by Gasteiger charge is -2.40. The summed E-state index contributed by atoms with van der Waals surface area (Å²) in [7, 11) is 0. The smallest absolute Gasteiger partial charge is 0.236 e. The number of para-hydroxylation sites is 2. The van der Waals surface area contributed by atoms with Crippen LogP contribution in [0, 0.1) is 0 Å². The molecule has 0 spiro atoms. The third-order valence-corrected chi connectivity index (χ3v) is 8.57. The van der Waals surface area contributed by atoms with E-state index < -0.39 is 5.41 Å². The number of aromatic nitrogens is 5. The van der Waals surface area contributed by atoms with Gasteiger partial charge >= 0.3 is 0 Å². The van der Waals surface area contributed by atoms with Gasteiger partial charge in [0.05, 0.1) is 28.3 Å². The van der Waals surface area contributed by atoms with Gasteiger partial charge in [0.2, 0.25) is 5.95 Å². The van der Waals surface area contributed by atoms with Crippen LogP contribution in [0.5, 0.6) is 0 Å². The lowest BCUT2D eigenvalue weighted by atomic mass is 9.74. The van der Waals surface area contributed by atoms with Gasteiger partial charge < -0.3 is 4.42 Å². The molecule has 1 aliphatic heterocycles. The van der Waals surface area contributed by atoms with Crippen molar-refractivity contribution >= 4 is 60.9 Å². The summed E-state index contributed by atoms with van der Waals surface area (Å²) in [6.07, 6.45) is 7.45. The van der Waals surface area contributed by atoms with Gasteiger partial charge in [0, 0.05) is 51.7 Å². The topological polar surface area (TPSA) is 80.8 Å². The van der Waals surface area contributed by atoms with E-state index in [1.54, 1.807) is 6.20 Å². The standard InChI is InChI=1S/C36H24N6O/c1-36(2)30-21-16-19-37-20-24(21)29-23-11-4-6-15-28(23)43-33(29)32(30)42(27-14-9-18-39-34(27)36)35-40-25-12-5-3-10-22(25)31(41-35)26-13-7-8-17-38-26/h3-20H,1-2H3. The van der Waals surface area contributed by atoms with Crippen LogP contribution in [-0.2, 0) is 5.41 Å². The third-order valence-electron chi connectivity index (χ3n) is 8.57. The first kappa shape index (κ1) is 24.0. The van der Waals surface area contributed by atoms with Gasteiger partial charge in [-0.3, -0.25) is 19.9 Å². The van der Waals surface area contributed by atoms with Gasteiger partial charge in [-0.2, -0.15) is 0 Å². The molecule has 7 heteroatoms. The van der Waals surface area contributed by atoms with Crippen LogP contribution in [0.2, 0.25) is 0 Å². The number of rotatable bonds is 2. The molecule has 0 aliphatic carbocycles. The Labute approximate surface area is 246 Å². The van der Waals surface area contributed by atoms with Crippen molar-refractivity contribution in [2.24, 2.45) is 0 Å². The largest absolute Gasteiger partial charge is 0.454 e. The van der Waals surface area contributed by atoms with E-state index in [1.807, 2.05) is 85.3 Å². The van der Waals surface area contributed by atoms with E-state index in [-0.39, 0.29) is 0 Å². The minimum absolute atomic E-state index is 0.462. The molecule has 0 atom stereocenters. The number of hydrogen-bond donors (Lipinski definition) is 0. The Bertz CT molecular complexity index is 2400. The van der Waals surface area contributed by atoms with Gasteiger partial charge in [0.1, 0.15) is 11.3 Å². The molecule has 0 saturated heterocycles. The van der Waals surface area contributed by atoms with Gasteiger partial charge in [-0.1, -0.05) is 42.5 Å². The molecule has 0 saturated carbocycles. The maximum Gasteiger partial charge on any atom is 0.236 e. The van der Waals surface area contributed by atoms with Crippen molar-refractivity contribution in [3.05, 3.63) is 121 Å². The molecular weight excluding hydrogens is 532 g/mol. The zero-order valence-electron chi connectivity index (χ0n) is 23.5. The highest BCUT2D eigenvalue weighted by Crippen LogP contribution is 2.56. The van der Waals surface area contributed by atoms with Crippen LogP contribution in [0.4, 0.5) is 17.3 Å². The maximum atomic E-state index is 6.76. The van der Waals surface area contributed by atoms with Crippen molar-refractivity contribution in [3.8, 4) is 11.4 Å². The first-order chi connectivity index (χ1) is 21.1. The Morgan fingerprint density at radius 1 is 0.698 bits per heavy atom. The molecule has 0 bridgehead atoms. The van der Waals surface area contributed by atoms with Crippen LogP contribution in [0.1, 0.15) is 25.1 Å². The van der Waals surface area contributed by atoms with Gasteiger partial charge in [0.25, 0.3) is 0 Å². The number of anilines is 3. The summed E-state index contributed by atoms with van der Waals surface area (Å²) in [6, 6.07) is 28.3. The second-order valence-corrected chi connectivity index (χ2v) is 11.4. The molecular formula is C36H24N6O. The molecule has 0 N–H and O–H groups in total. The monoisotopic (exact) mass is 556 g/mol. The highest BCUT2D eigenvalue weighted by molar-refractivity contribution is 6.24. The molecule has 6 heterocycles. The molecule has 8 aromatic rings. The Kier molecular flexibility index (Phi) is 4.82. The molecule has 7 nitrogen and oxygen atoms in total. The Morgan fingerprint density at radius 2 is 1.51 bits per heavy atom. The number of hydrogen-bond acceptors (Lipinski definition) is 7. The van der Waals surface area contributed by atoms with E-state index in [9.17, 15) is 0 Å². The quantitative estimate of drug-likeness (QED) is 0.211. The van der Waals surface area contributed by atoms with Crippen molar-refractivity contribution < 1.29 is 4.42 Å².